The van der Waals surface area contributed by atoms with Gasteiger partial charge in [0.25, 0.3) is 0 Å². The molecule has 0 radical (unpaired) electrons. The van der Waals surface area contributed by atoms with Gasteiger partial charge in [-0.2, -0.15) is 0 Å². The van der Waals surface area contributed by atoms with Gasteiger partial charge in [-0.05, 0) is 18.4 Å². The van der Waals surface area contributed by atoms with Crippen molar-refractivity contribution in [3.63, 3.8) is 0 Å². The first kappa shape index (κ1) is 11.1. The van der Waals surface area contributed by atoms with E-state index in [2.05, 4.69) is 20.8 Å². The highest BCUT2D eigenvalue weighted by molar-refractivity contribution is 6.27. The normalized spacial score (nSPS) is 15.0. The van der Waals surface area contributed by atoms with Crippen LogP contribution in [0.4, 0.5) is 0 Å². The molecule has 0 aliphatic heterocycles. The van der Waals surface area contributed by atoms with Gasteiger partial charge in [0.15, 0.2) is 9.76 Å². The summed E-state index contributed by atoms with van der Waals surface area (Å²) in [7, 11) is 1.38. The van der Waals surface area contributed by atoms with Crippen molar-refractivity contribution in [3.8, 4) is 0 Å². The van der Waals surface area contributed by atoms with Crippen LogP contribution in [0.1, 0.15) is 27.2 Å². The number of hydrogen-bond donors (Lipinski definition) is 0. The fourth-order valence-corrected chi connectivity index (χ4v) is 2.03. The molecule has 0 saturated heterocycles. The monoisotopic (exact) mass is 176 g/mol. The highest BCUT2D eigenvalue weighted by Gasteiger charge is 2.03. The molecule has 3 heteroatoms. The van der Waals surface area contributed by atoms with Gasteiger partial charge in [-0.25, -0.2) is 0 Å². The Bertz CT molecular complexity index is 82.2. The third-order valence-electron chi connectivity index (χ3n) is 1.60. The molecule has 1 atom stereocenters. The second kappa shape index (κ2) is 6.82. The Morgan fingerprint density at radius 1 is 1.36 bits per heavy atom. The third kappa shape index (κ3) is 6.53. The lowest BCUT2D eigenvalue weighted by atomic mass is 10.3. The van der Waals surface area contributed by atoms with E-state index in [0.29, 0.717) is 0 Å². The van der Waals surface area contributed by atoms with Crippen molar-refractivity contribution in [2.75, 3.05) is 7.11 Å². The van der Waals surface area contributed by atoms with Crippen LogP contribution in [-0.4, -0.2) is 23.2 Å². The molecule has 0 bridgehead atoms. The van der Waals surface area contributed by atoms with Gasteiger partial charge in [0.2, 0.25) is 0 Å². The molecule has 0 saturated carbocycles. The maximum atomic E-state index is 5.57. The predicted octanol–water partition coefficient (Wildman–Crippen LogP) is 1.54. The summed E-state index contributed by atoms with van der Waals surface area (Å²) in [6.45, 7) is 6.53. The minimum Gasteiger partial charge on any atom is -0.400 e. The lowest BCUT2D eigenvalue weighted by Gasteiger charge is -2.14. The molecule has 0 rings (SSSR count). The Kier molecular flexibility index (Phi) is 6.91. The lowest BCUT2D eigenvalue weighted by molar-refractivity contribution is -0.0541. The van der Waals surface area contributed by atoms with Crippen molar-refractivity contribution >= 4 is 9.76 Å². The topological polar surface area (TPSA) is 18.5 Å². The van der Waals surface area contributed by atoms with E-state index >= 15 is 0 Å². The van der Waals surface area contributed by atoms with Crippen LogP contribution in [0.2, 0.25) is 6.04 Å². The zero-order chi connectivity index (χ0) is 8.69. The van der Waals surface area contributed by atoms with Crippen molar-refractivity contribution in [1.82, 2.24) is 0 Å². The fourth-order valence-electron chi connectivity index (χ4n) is 0.788. The molecule has 1 unspecified atom stereocenters. The van der Waals surface area contributed by atoms with Crippen molar-refractivity contribution in [3.05, 3.63) is 0 Å². The summed E-state index contributed by atoms with van der Waals surface area (Å²) in [5.41, 5.74) is 0. The smallest absolute Gasteiger partial charge is 0.165 e. The molecular weight excluding hydrogens is 156 g/mol. The number of ether oxygens (including phenoxy) is 1. The van der Waals surface area contributed by atoms with Gasteiger partial charge in [-0.15, -0.1) is 0 Å². The predicted molar refractivity (Wildman–Crippen MR) is 50.4 cm³/mol. The highest BCUT2D eigenvalue weighted by Crippen LogP contribution is 2.03. The summed E-state index contributed by atoms with van der Waals surface area (Å²) in [6.07, 6.45) is 1.02. The largest absolute Gasteiger partial charge is 0.400 e. The standard InChI is InChI=1S/C8H20O2Si/c1-5-8(9-4)10-11-6-7(2)3/h7-8H,5-6,11H2,1-4H3. The van der Waals surface area contributed by atoms with Crippen LogP contribution in [-0.2, 0) is 9.16 Å². The SMILES string of the molecule is CCC(OC)O[SiH2]CC(C)C. The molecule has 2 nitrogen and oxygen atoms in total. The number of rotatable bonds is 6. The van der Waals surface area contributed by atoms with Crippen molar-refractivity contribution in [2.24, 2.45) is 5.92 Å². The summed E-state index contributed by atoms with van der Waals surface area (Å²) in [4.78, 5) is 0. The molecule has 0 aromatic heterocycles. The summed E-state index contributed by atoms with van der Waals surface area (Å²) < 4.78 is 10.7. The van der Waals surface area contributed by atoms with E-state index in [1.54, 1.807) is 7.11 Å². The van der Waals surface area contributed by atoms with Crippen LogP contribution in [0.15, 0.2) is 0 Å². The van der Waals surface area contributed by atoms with Gasteiger partial charge in [-0.3, -0.25) is 0 Å². The Morgan fingerprint density at radius 3 is 2.36 bits per heavy atom. The molecule has 0 spiro atoms. The fraction of sp³-hybridized carbons (Fsp3) is 1.00. The molecular formula is C8H20O2Si. The zero-order valence-corrected chi connectivity index (χ0v) is 9.51. The number of hydrogen-bond acceptors (Lipinski definition) is 2. The van der Waals surface area contributed by atoms with E-state index in [1.165, 1.54) is 6.04 Å². The maximum Gasteiger partial charge on any atom is 0.165 e. The molecule has 0 amide bonds. The average Bonchev–Trinajstić information content (AvgIpc) is 1.98. The Hall–Kier alpha value is 0.137. The Morgan fingerprint density at radius 2 is 2.00 bits per heavy atom. The van der Waals surface area contributed by atoms with Gasteiger partial charge >= 0.3 is 0 Å². The van der Waals surface area contributed by atoms with E-state index in [9.17, 15) is 0 Å². The minimum absolute atomic E-state index is 0.0559. The maximum absolute atomic E-state index is 5.57. The van der Waals surface area contributed by atoms with E-state index in [4.69, 9.17) is 9.16 Å². The zero-order valence-electron chi connectivity index (χ0n) is 8.09. The van der Waals surface area contributed by atoms with Crippen molar-refractivity contribution < 1.29 is 9.16 Å². The summed E-state index contributed by atoms with van der Waals surface area (Å²) in [6, 6.07) is 1.25. The minimum atomic E-state index is -0.331. The third-order valence-corrected chi connectivity index (χ3v) is 3.59. The van der Waals surface area contributed by atoms with Crippen LogP contribution in [0.5, 0.6) is 0 Å². The lowest BCUT2D eigenvalue weighted by Crippen LogP contribution is -2.17. The van der Waals surface area contributed by atoms with E-state index in [-0.39, 0.29) is 16.1 Å². The molecule has 68 valence electrons. The second-order valence-corrected chi connectivity index (χ2v) is 4.45. The molecule has 0 aromatic carbocycles. The van der Waals surface area contributed by atoms with Crippen LogP contribution < -0.4 is 0 Å². The van der Waals surface area contributed by atoms with Gasteiger partial charge in [-0.1, -0.05) is 20.8 Å². The van der Waals surface area contributed by atoms with Crippen LogP contribution in [0.3, 0.4) is 0 Å². The van der Waals surface area contributed by atoms with Crippen LogP contribution in [0.25, 0.3) is 0 Å². The molecule has 0 fully saturated rings. The number of methoxy groups -OCH3 is 1. The summed E-state index contributed by atoms with van der Waals surface area (Å²) in [5.74, 6) is 0.774. The van der Waals surface area contributed by atoms with E-state index < -0.39 is 0 Å². The van der Waals surface area contributed by atoms with Gasteiger partial charge < -0.3 is 9.16 Å². The van der Waals surface area contributed by atoms with Gasteiger partial charge in [0.05, 0.1) is 0 Å². The van der Waals surface area contributed by atoms with Gasteiger partial charge in [0, 0.05) is 7.11 Å². The second-order valence-electron chi connectivity index (χ2n) is 3.13. The van der Waals surface area contributed by atoms with Crippen molar-refractivity contribution in [2.45, 2.75) is 39.5 Å². The van der Waals surface area contributed by atoms with Crippen LogP contribution in [0, 0.1) is 5.92 Å². The van der Waals surface area contributed by atoms with E-state index in [0.717, 1.165) is 12.3 Å². The average molecular weight is 176 g/mol. The highest BCUT2D eigenvalue weighted by atomic mass is 28.2. The summed E-state index contributed by atoms with van der Waals surface area (Å²) in [5, 5.41) is 0. The molecule has 0 aromatic rings. The Labute approximate surface area is 72.2 Å². The molecule has 0 N–H and O–H groups in total. The van der Waals surface area contributed by atoms with Crippen molar-refractivity contribution in [1.29, 1.82) is 0 Å². The van der Waals surface area contributed by atoms with Gasteiger partial charge in [0.1, 0.15) is 6.29 Å². The van der Waals surface area contributed by atoms with Crippen LogP contribution >= 0.6 is 0 Å². The van der Waals surface area contributed by atoms with E-state index in [1.807, 2.05) is 0 Å². The molecule has 0 aliphatic rings. The quantitative estimate of drug-likeness (QED) is 0.451. The summed E-state index contributed by atoms with van der Waals surface area (Å²) >= 11 is 0. The molecule has 0 aliphatic carbocycles. The molecule has 11 heavy (non-hydrogen) atoms. The Balaban J connectivity index is 3.21. The first-order valence-electron chi connectivity index (χ1n) is 4.35. The molecule has 0 heterocycles. The first-order chi connectivity index (χ1) is 5.20. The first-order valence-corrected chi connectivity index (χ1v) is 5.92.